The molecule has 6 heteroatoms. The highest BCUT2D eigenvalue weighted by molar-refractivity contribution is 5.86. The summed E-state index contributed by atoms with van der Waals surface area (Å²) in [5, 5.41) is 10.9. The van der Waals surface area contributed by atoms with Crippen LogP contribution in [0.3, 0.4) is 0 Å². The largest absolute Gasteiger partial charge is 0.462 e. The number of carbonyl (C=O) groups excluding carboxylic acids is 2. The number of carbonyl (C=O) groups is 2. The molecule has 28 heavy (non-hydrogen) atoms. The molecule has 0 aromatic heterocycles. The molecule has 158 valence electrons. The van der Waals surface area contributed by atoms with Crippen LogP contribution in [-0.2, 0) is 23.8 Å². The van der Waals surface area contributed by atoms with Crippen LogP contribution in [0.5, 0.6) is 0 Å². The van der Waals surface area contributed by atoms with Crippen molar-refractivity contribution in [2.45, 2.75) is 89.8 Å². The Hall–Kier alpha value is -0.980. The summed E-state index contributed by atoms with van der Waals surface area (Å²) in [6.45, 7) is 10.1. The zero-order chi connectivity index (χ0) is 20.4. The summed E-state index contributed by atoms with van der Waals surface area (Å²) in [5.41, 5.74) is -2.01. The Bertz CT molecular complexity index is 659. The molecule has 0 aromatic carbocycles. The molecule has 0 aromatic rings. The molecule has 10 atom stereocenters. The lowest BCUT2D eigenvalue weighted by atomic mass is 9.59. The van der Waals surface area contributed by atoms with E-state index < -0.39 is 11.2 Å². The second-order valence-electron chi connectivity index (χ2n) is 10.2. The third-order valence-corrected chi connectivity index (χ3v) is 7.98. The molecule has 0 spiro atoms. The number of rotatable bonds is 1. The van der Waals surface area contributed by atoms with E-state index in [0.717, 1.165) is 6.42 Å². The highest BCUT2D eigenvalue weighted by Crippen LogP contribution is 2.57. The quantitative estimate of drug-likeness (QED) is 0.688. The van der Waals surface area contributed by atoms with Crippen LogP contribution in [0.1, 0.15) is 60.3 Å². The molecule has 3 heterocycles. The van der Waals surface area contributed by atoms with Gasteiger partial charge in [0.2, 0.25) is 0 Å². The number of ketones is 1. The van der Waals surface area contributed by atoms with Crippen molar-refractivity contribution in [2.24, 2.45) is 29.6 Å². The fourth-order valence-electron chi connectivity index (χ4n) is 6.47. The Balaban J connectivity index is 1.82. The highest BCUT2D eigenvalue weighted by Gasteiger charge is 2.64. The minimum absolute atomic E-state index is 0.0245. The Labute approximate surface area is 167 Å². The van der Waals surface area contributed by atoms with Crippen LogP contribution in [0.4, 0.5) is 0 Å². The van der Waals surface area contributed by atoms with Gasteiger partial charge in [-0.25, -0.2) is 0 Å². The number of hydrogen-bond acceptors (Lipinski definition) is 6. The molecule has 0 amide bonds. The van der Waals surface area contributed by atoms with Gasteiger partial charge in [0.05, 0.1) is 24.4 Å². The van der Waals surface area contributed by atoms with Crippen LogP contribution in [-0.4, -0.2) is 53.0 Å². The summed E-state index contributed by atoms with van der Waals surface area (Å²) in [6.07, 6.45) is 1.31. The Morgan fingerprint density at radius 1 is 1.21 bits per heavy atom. The van der Waals surface area contributed by atoms with E-state index in [9.17, 15) is 14.7 Å². The van der Waals surface area contributed by atoms with Crippen LogP contribution in [0, 0.1) is 29.6 Å². The molecule has 4 rings (SSSR count). The van der Waals surface area contributed by atoms with E-state index in [0.29, 0.717) is 24.9 Å². The lowest BCUT2D eigenvalue weighted by Gasteiger charge is -2.47. The van der Waals surface area contributed by atoms with Gasteiger partial charge in [-0.15, -0.1) is 0 Å². The van der Waals surface area contributed by atoms with Gasteiger partial charge in [0.15, 0.2) is 5.78 Å². The molecule has 4 fully saturated rings. The highest BCUT2D eigenvalue weighted by atomic mass is 16.6. The third-order valence-electron chi connectivity index (χ3n) is 7.98. The Morgan fingerprint density at radius 3 is 2.61 bits per heavy atom. The fraction of sp³-hybridized carbons (Fsp3) is 0.909. The second-order valence-corrected chi connectivity index (χ2v) is 10.2. The van der Waals surface area contributed by atoms with Crippen molar-refractivity contribution in [2.75, 3.05) is 6.61 Å². The molecule has 4 aliphatic rings. The van der Waals surface area contributed by atoms with Crippen molar-refractivity contribution in [1.82, 2.24) is 0 Å². The smallest absolute Gasteiger partial charge is 0.302 e. The number of hydrogen-bond donors (Lipinski definition) is 1. The first-order valence-electron chi connectivity index (χ1n) is 10.8. The van der Waals surface area contributed by atoms with E-state index in [1.807, 2.05) is 0 Å². The molecule has 6 nitrogen and oxygen atoms in total. The first-order chi connectivity index (χ1) is 13.0. The average molecular weight is 395 g/mol. The predicted octanol–water partition coefficient (Wildman–Crippen LogP) is 2.50. The molecular formula is C22H34O6. The fourth-order valence-corrected chi connectivity index (χ4v) is 6.47. The van der Waals surface area contributed by atoms with E-state index in [-0.39, 0.29) is 60.7 Å². The second kappa shape index (κ2) is 6.78. The maximum absolute atomic E-state index is 12.7. The van der Waals surface area contributed by atoms with Crippen molar-refractivity contribution in [3.8, 4) is 0 Å². The van der Waals surface area contributed by atoms with Crippen LogP contribution in [0.2, 0.25) is 0 Å². The summed E-state index contributed by atoms with van der Waals surface area (Å²) in [4.78, 5) is 24.6. The normalized spacial score (nSPS) is 53.6. The summed E-state index contributed by atoms with van der Waals surface area (Å²) in [5.74, 6) is 0.733. The van der Waals surface area contributed by atoms with Crippen molar-refractivity contribution in [3.05, 3.63) is 0 Å². The van der Waals surface area contributed by atoms with Crippen molar-refractivity contribution < 1.29 is 28.9 Å². The molecule has 0 unspecified atom stereocenters. The maximum Gasteiger partial charge on any atom is 0.302 e. The van der Waals surface area contributed by atoms with Gasteiger partial charge in [-0.3, -0.25) is 9.59 Å². The molecule has 1 aliphatic carbocycles. The third kappa shape index (κ3) is 3.12. The van der Waals surface area contributed by atoms with Gasteiger partial charge < -0.3 is 19.3 Å². The molecular weight excluding hydrogens is 360 g/mol. The summed E-state index contributed by atoms with van der Waals surface area (Å²) >= 11 is 0. The van der Waals surface area contributed by atoms with Crippen LogP contribution >= 0.6 is 0 Å². The number of fused-ring (bicyclic) bond motifs is 2. The average Bonchev–Trinajstić information content (AvgIpc) is 2.94. The molecule has 0 radical (unpaired) electrons. The van der Waals surface area contributed by atoms with Gasteiger partial charge in [-0.1, -0.05) is 13.8 Å². The van der Waals surface area contributed by atoms with Gasteiger partial charge in [0.1, 0.15) is 11.7 Å². The first kappa shape index (κ1) is 20.3. The predicted molar refractivity (Wildman–Crippen MR) is 101 cm³/mol. The zero-order valence-electron chi connectivity index (χ0n) is 17.6. The van der Waals surface area contributed by atoms with Gasteiger partial charge in [0.25, 0.3) is 0 Å². The van der Waals surface area contributed by atoms with Gasteiger partial charge >= 0.3 is 5.97 Å². The molecule has 2 bridgehead atoms. The summed E-state index contributed by atoms with van der Waals surface area (Å²) in [7, 11) is 0. The minimum Gasteiger partial charge on any atom is -0.462 e. The van der Waals surface area contributed by atoms with Crippen molar-refractivity contribution in [1.29, 1.82) is 0 Å². The maximum atomic E-state index is 12.7. The topological polar surface area (TPSA) is 82.1 Å². The molecule has 3 saturated heterocycles. The summed E-state index contributed by atoms with van der Waals surface area (Å²) in [6, 6.07) is 0. The SMILES string of the molecule is CC(=O)O[C@H]1[C@@H]2[C@@H]3[C@@H](C[C@H]1C)[C@@H](C)CO[C@@]1(C)CCC(=O)[C@@](C)(O)C[C@@H]2O[C@@H]31. The van der Waals surface area contributed by atoms with Crippen LogP contribution in [0.25, 0.3) is 0 Å². The van der Waals surface area contributed by atoms with Crippen LogP contribution in [0.15, 0.2) is 0 Å². The Morgan fingerprint density at radius 2 is 1.93 bits per heavy atom. The lowest BCUT2D eigenvalue weighted by Crippen LogP contribution is -2.53. The molecule has 1 saturated carbocycles. The van der Waals surface area contributed by atoms with E-state index in [2.05, 4.69) is 20.8 Å². The van der Waals surface area contributed by atoms with Gasteiger partial charge in [0, 0.05) is 25.7 Å². The minimum atomic E-state index is -1.44. The monoisotopic (exact) mass is 394 g/mol. The zero-order valence-corrected chi connectivity index (χ0v) is 17.6. The number of Topliss-reactive ketones (excluding diaryl/α,β-unsaturated/α-hetero) is 1. The summed E-state index contributed by atoms with van der Waals surface area (Å²) < 4.78 is 18.8. The number of ether oxygens (including phenoxy) is 3. The first-order valence-corrected chi connectivity index (χ1v) is 10.8. The van der Waals surface area contributed by atoms with Gasteiger partial charge in [-0.05, 0) is 50.4 Å². The van der Waals surface area contributed by atoms with E-state index >= 15 is 0 Å². The van der Waals surface area contributed by atoms with Crippen molar-refractivity contribution in [3.63, 3.8) is 0 Å². The van der Waals surface area contributed by atoms with Crippen LogP contribution < -0.4 is 0 Å². The standard InChI is InChI=1S/C22H34O6/c1-11-8-14-12(2)10-26-22(5)7-6-16(24)21(4,25)9-15-18(17(14)20(22)28-15)19(11)27-13(3)23/h11-12,14-15,17-20,25H,6-10H2,1-5H3/t11-,12+,14+,15+,17+,18+,19-,20+,21+,22+/m1/s1. The van der Waals surface area contributed by atoms with E-state index in [1.54, 1.807) is 6.92 Å². The van der Waals surface area contributed by atoms with Gasteiger partial charge in [-0.2, -0.15) is 0 Å². The lowest BCUT2D eigenvalue weighted by molar-refractivity contribution is -0.162. The Kier molecular flexibility index (Phi) is 4.91. The molecule has 3 aliphatic heterocycles. The number of aliphatic hydroxyl groups is 1. The van der Waals surface area contributed by atoms with E-state index in [1.165, 1.54) is 6.92 Å². The molecule has 1 N–H and O–H groups in total. The van der Waals surface area contributed by atoms with E-state index in [4.69, 9.17) is 14.2 Å². The number of esters is 1. The van der Waals surface area contributed by atoms with Crippen molar-refractivity contribution >= 4 is 11.8 Å².